The van der Waals surface area contributed by atoms with Crippen molar-refractivity contribution in [2.45, 2.75) is 40.0 Å². The zero-order valence-electron chi connectivity index (χ0n) is 15.8. The van der Waals surface area contributed by atoms with Crippen LogP contribution in [0, 0.1) is 35.5 Å². The van der Waals surface area contributed by atoms with Gasteiger partial charge in [-0.3, -0.25) is 4.79 Å². The summed E-state index contributed by atoms with van der Waals surface area (Å²) in [6.45, 7) is 7.62. The molecule has 1 amide bonds. The van der Waals surface area contributed by atoms with E-state index in [0.717, 1.165) is 29.9 Å². The van der Waals surface area contributed by atoms with Gasteiger partial charge in [-0.1, -0.05) is 32.0 Å². The number of hydrogen-bond acceptors (Lipinski definition) is 2. The van der Waals surface area contributed by atoms with Crippen LogP contribution in [-0.2, 0) is 0 Å². The van der Waals surface area contributed by atoms with Gasteiger partial charge in [-0.15, -0.1) is 0 Å². The Balaban J connectivity index is 1.25. The van der Waals surface area contributed by atoms with E-state index >= 15 is 0 Å². The van der Waals surface area contributed by atoms with E-state index in [1.54, 1.807) is 0 Å². The highest BCUT2D eigenvalue weighted by atomic mass is 16.1. The van der Waals surface area contributed by atoms with E-state index in [1.807, 2.05) is 48.0 Å². The van der Waals surface area contributed by atoms with Gasteiger partial charge in [0.2, 0.25) is 0 Å². The number of rotatable bonds is 4. The lowest BCUT2D eigenvalue weighted by atomic mass is 9.89. The van der Waals surface area contributed by atoms with Crippen LogP contribution in [-0.4, -0.2) is 22.0 Å². The molecule has 136 valence electrons. The lowest BCUT2D eigenvalue weighted by Gasteiger charge is -2.20. The molecule has 26 heavy (non-hydrogen) atoms. The first-order valence-electron chi connectivity index (χ1n) is 9.85. The number of para-hydroxylation sites is 1. The minimum Gasteiger partial charge on any atom is -0.350 e. The predicted molar refractivity (Wildman–Crippen MR) is 101 cm³/mol. The molecule has 3 saturated carbocycles. The molecule has 4 atom stereocenters. The third-order valence-electron chi connectivity index (χ3n) is 7.74. The standard InChI is InChI=1S/C22H27N3O/c1-14-24-18(13-25(14)16-7-5-4-6-8-16)20(26)23-12-15-9-10-19-21(2,3)22(19)11-17(15)22/h4-8,13,15,17,19H,9-12H2,1-3H3,(H,23,26). The van der Waals surface area contributed by atoms with Gasteiger partial charge in [0.05, 0.1) is 0 Å². The Morgan fingerprint density at radius 1 is 1.27 bits per heavy atom. The number of aryl methyl sites for hydroxylation is 1. The third-order valence-corrected chi connectivity index (χ3v) is 7.74. The molecule has 3 aliphatic rings. The number of nitrogens with zero attached hydrogens (tertiary/aromatic N) is 2. The van der Waals surface area contributed by atoms with Crippen molar-refractivity contribution in [3.63, 3.8) is 0 Å². The van der Waals surface area contributed by atoms with Crippen LogP contribution < -0.4 is 5.32 Å². The van der Waals surface area contributed by atoms with Crippen LogP contribution in [0.4, 0.5) is 0 Å². The first kappa shape index (κ1) is 16.1. The zero-order valence-corrected chi connectivity index (χ0v) is 15.8. The summed E-state index contributed by atoms with van der Waals surface area (Å²) in [5, 5.41) is 3.17. The minimum absolute atomic E-state index is 0.0466. The highest BCUT2D eigenvalue weighted by Crippen LogP contribution is 2.89. The summed E-state index contributed by atoms with van der Waals surface area (Å²) < 4.78 is 1.97. The molecule has 1 aromatic heterocycles. The molecule has 0 radical (unpaired) electrons. The van der Waals surface area contributed by atoms with Crippen LogP contribution in [0.25, 0.3) is 5.69 Å². The molecule has 1 N–H and O–H groups in total. The van der Waals surface area contributed by atoms with Crippen molar-refractivity contribution >= 4 is 5.91 Å². The van der Waals surface area contributed by atoms with Gasteiger partial charge in [-0.2, -0.15) is 0 Å². The van der Waals surface area contributed by atoms with Gasteiger partial charge in [-0.25, -0.2) is 4.98 Å². The quantitative estimate of drug-likeness (QED) is 0.907. The van der Waals surface area contributed by atoms with Gasteiger partial charge in [0.25, 0.3) is 5.91 Å². The molecule has 1 aromatic carbocycles. The molecule has 0 saturated heterocycles. The number of amides is 1. The van der Waals surface area contributed by atoms with Crippen LogP contribution in [0.15, 0.2) is 36.5 Å². The SMILES string of the molecule is Cc1nc(C(=O)NCC2CCC3C(C)(C)C34CC24)cn1-c1ccccc1. The molecule has 4 heteroatoms. The zero-order chi connectivity index (χ0) is 18.1. The Labute approximate surface area is 155 Å². The first-order valence-corrected chi connectivity index (χ1v) is 9.85. The molecule has 1 heterocycles. The Hall–Kier alpha value is -2.10. The fourth-order valence-corrected chi connectivity index (χ4v) is 6.23. The smallest absolute Gasteiger partial charge is 0.271 e. The summed E-state index contributed by atoms with van der Waals surface area (Å²) in [5.41, 5.74) is 2.72. The fraction of sp³-hybridized carbons (Fsp3) is 0.545. The van der Waals surface area contributed by atoms with Crippen molar-refractivity contribution in [3.8, 4) is 5.69 Å². The summed E-state index contributed by atoms with van der Waals surface area (Å²) in [6, 6.07) is 10.0. The van der Waals surface area contributed by atoms with Gasteiger partial charge in [0.15, 0.2) is 0 Å². The Kier molecular flexibility index (Phi) is 3.23. The van der Waals surface area contributed by atoms with E-state index in [9.17, 15) is 4.79 Å². The number of hydrogen-bond donors (Lipinski definition) is 1. The second-order valence-corrected chi connectivity index (χ2v) is 9.05. The van der Waals surface area contributed by atoms with E-state index in [1.165, 1.54) is 19.3 Å². The van der Waals surface area contributed by atoms with Crippen molar-refractivity contribution in [2.75, 3.05) is 6.54 Å². The predicted octanol–water partition coefficient (Wildman–Crippen LogP) is 3.98. The number of carbonyl (C=O) groups excluding carboxylic acids is 1. The normalized spacial score (nSPS) is 33.1. The van der Waals surface area contributed by atoms with Gasteiger partial charge in [-0.05, 0) is 66.9 Å². The van der Waals surface area contributed by atoms with Gasteiger partial charge < -0.3 is 9.88 Å². The Bertz CT molecular complexity index is 869. The topological polar surface area (TPSA) is 46.9 Å². The van der Waals surface area contributed by atoms with Crippen LogP contribution in [0.5, 0.6) is 0 Å². The van der Waals surface area contributed by atoms with E-state index in [4.69, 9.17) is 0 Å². The maximum atomic E-state index is 12.6. The molecule has 0 bridgehead atoms. The molecule has 5 rings (SSSR count). The largest absolute Gasteiger partial charge is 0.350 e. The molecule has 0 aliphatic heterocycles. The summed E-state index contributed by atoms with van der Waals surface area (Å²) >= 11 is 0. The molecular formula is C22H27N3O. The summed E-state index contributed by atoms with van der Waals surface area (Å²) in [4.78, 5) is 17.1. The second kappa shape index (κ2) is 5.21. The Morgan fingerprint density at radius 2 is 2.04 bits per heavy atom. The van der Waals surface area contributed by atoms with Crippen molar-refractivity contribution in [1.29, 1.82) is 0 Å². The van der Waals surface area contributed by atoms with Crippen LogP contribution >= 0.6 is 0 Å². The van der Waals surface area contributed by atoms with E-state index in [2.05, 4.69) is 24.1 Å². The lowest BCUT2D eigenvalue weighted by Crippen LogP contribution is -2.31. The number of imidazole rings is 1. The first-order chi connectivity index (χ1) is 12.4. The highest BCUT2D eigenvalue weighted by molar-refractivity contribution is 5.92. The fourth-order valence-electron chi connectivity index (χ4n) is 6.23. The molecule has 1 spiro atoms. The average Bonchev–Trinajstić information content (AvgIpc) is 3.44. The highest BCUT2D eigenvalue weighted by Gasteiger charge is 2.84. The van der Waals surface area contributed by atoms with E-state index in [-0.39, 0.29) is 5.91 Å². The summed E-state index contributed by atoms with van der Waals surface area (Å²) in [7, 11) is 0. The number of benzene rings is 1. The number of carbonyl (C=O) groups is 1. The maximum Gasteiger partial charge on any atom is 0.271 e. The number of nitrogens with one attached hydrogen (secondary N) is 1. The minimum atomic E-state index is -0.0466. The molecular weight excluding hydrogens is 322 g/mol. The molecule has 2 aromatic rings. The van der Waals surface area contributed by atoms with Crippen molar-refractivity contribution < 1.29 is 4.79 Å². The maximum absolute atomic E-state index is 12.6. The molecule has 3 aliphatic carbocycles. The van der Waals surface area contributed by atoms with Crippen molar-refractivity contribution in [3.05, 3.63) is 48.0 Å². The summed E-state index contributed by atoms with van der Waals surface area (Å²) in [6.07, 6.45) is 5.83. The molecule has 4 unspecified atom stereocenters. The molecule has 3 fully saturated rings. The van der Waals surface area contributed by atoms with Gasteiger partial charge in [0.1, 0.15) is 11.5 Å². The van der Waals surface area contributed by atoms with Crippen molar-refractivity contribution in [1.82, 2.24) is 14.9 Å². The lowest BCUT2D eigenvalue weighted by molar-refractivity contribution is 0.0937. The van der Waals surface area contributed by atoms with Crippen LogP contribution in [0.1, 0.15) is 49.4 Å². The Morgan fingerprint density at radius 3 is 2.81 bits per heavy atom. The second-order valence-electron chi connectivity index (χ2n) is 9.05. The average molecular weight is 349 g/mol. The van der Waals surface area contributed by atoms with Crippen molar-refractivity contribution in [2.24, 2.45) is 28.6 Å². The monoisotopic (exact) mass is 349 g/mol. The van der Waals surface area contributed by atoms with E-state index in [0.29, 0.717) is 22.4 Å². The number of aromatic nitrogens is 2. The third kappa shape index (κ3) is 2.07. The van der Waals surface area contributed by atoms with Crippen LogP contribution in [0.3, 0.4) is 0 Å². The molecule has 4 nitrogen and oxygen atoms in total. The van der Waals surface area contributed by atoms with Crippen LogP contribution in [0.2, 0.25) is 0 Å². The van der Waals surface area contributed by atoms with Gasteiger partial charge in [0, 0.05) is 18.4 Å². The van der Waals surface area contributed by atoms with Gasteiger partial charge >= 0.3 is 0 Å². The van der Waals surface area contributed by atoms with E-state index < -0.39 is 0 Å². The summed E-state index contributed by atoms with van der Waals surface area (Å²) in [5.74, 6) is 3.21.